The molecule has 1 aliphatic rings. The quantitative estimate of drug-likeness (QED) is 0.625. The van der Waals surface area contributed by atoms with Crippen LogP contribution in [0.2, 0.25) is 0 Å². The van der Waals surface area contributed by atoms with Gasteiger partial charge in [-0.25, -0.2) is 0 Å². The van der Waals surface area contributed by atoms with Crippen molar-refractivity contribution < 1.29 is 9.84 Å². The molecule has 4 heteroatoms. The summed E-state index contributed by atoms with van der Waals surface area (Å²) < 4.78 is 5.14. The van der Waals surface area contributed by atoms with Gasteiger partial charge in [-0.05, 0) is 25.4 Å². The van der Waals surface area contributed by atoms with Crippen LogP contribution in [-0.2, 0) is 4.74 Å². The molecule has 0 aliphatic carbocycles. The molecule has 2 N–H and O–H groups in total. The van der Waals surface area contributed by atoms with Crippen molar-refractivity contribution >= 4 is 0 Å². The third kappa shape index (κ3) is 4.93. The van der Waals surface area contributed by atoms with Crippen LogP contribution in [0.1, 0.15) is 13.3 Å². The molecule has 1 heterocycles. The van der Waals surface area contributed by atoms with E-state index >= 15 is 0 Å². The maximum absolute atomic E-state index is 9.72. The van der Waals surface area contributed by atoms with Crippen LogP contribution in [0.3, 0.4) is 0 Å². The van der Waals surface area contributed by atoms with E-state index in [1.54, 1.807) is 7.11 Å². The molecule has 0 aromatic heterocycles. The minimum Gasteiger partial charge on any atom is -0.390 e. The highest BCUT2D eigenvalue weighted by Crippen LogP contribution is 2.16. The Morgan fingerprint density at radius 3 is 3.07 bits per heavy atom. The van der Waals surface area contributed by atoms with Gasteiger partial charge in [0.05, 0.1) is 12.7 Å². The zero-order chi connectivity index (χ0) is 11.1. The maximum Gasteiger partial charge on any atom is 0.0791 e. The Morgan fingerprint density at radius 2 is 2.40 bits per heavy atom. The molecule has 1 aliphatic heterocycles. The van der Waals surface area contributed by atoms with E-state index in [4.69, 9.17) is 4.74 Å². The Morgan fingerprint density at radius 1 is 1.60 bits per heavy atom. The van der Waals surface area contributed by atoms with Gasteiger partial charge in [-0.2, -0.15) is 0 Å². The molecule has 0 saturated carbocycles. The summed E-state index contributed by atoms with van der Waals surface area (Å²) in [6.07, 6.45) is 0.952. The summed E-state index contributed by atoms with van der Waals surface area (Å²) in [6, 6.07) is 0. The highest BCUT2D eigenvalue weighted by molar-refractivity contribution is 4.77. The van der Waals surface area contributed by atoms with Gasteiger partial charge in [0.15, 0.2) is 0 Å². The van der Waals surface area contributed by atoms with Gasteiger partial charge in [-0.3, -0.25) is 0 Å². The van der Waals surface area contributed by atoms with Crippen molar-refractivity contribution in [1.29, 1.82) is 0 Å². The highest BCUT2D eigenvalue weighted by Gasteiger charge is 2.23. The number of likely N-dealkylation sites (N-methyl/N-ethyl adjacent to an activating group) is 1. The average molecular weight is 216 g/mol. The van der Waals surface area contributed by atoms with Crippen molar-refractivity contribution in [3.05, 3.63) is 0 Å². The lowest BCUT2D eigenvalue weighted by Gasteiger charge is -2.20. The van der Waals surface area contributed by atoms with E-state index in [2.05, 4.69) is 17.1 Å². The van der Waals surface area contributed by atoms with Crippen LogP contribution in [0, 0.1) is 5.92 Å². The maximum atomic E-state index is 9.72. The molecule has 1 fully saturated rings. The fourth-order valence-electron chi connectivity index (χ4n) is 2.12. The zero-order valence-corrected chi connectivity index (χ0v) is 9.91. The Labute approximate surface area is 92.6 Å². The van der Waals surface area contributed by atoms with E-state index in [1.807, 2.05) is 0 Å². The van der Waals surface area contributed by atoms with Crippen molar-refractivity contribution in [1.82, 2.24) is 10.2 Å². The first-order valence-corrected chi connectivity index (χ1v) is 5.86. The second kappa shape index (κ2) is 7.17. The molecule has 4 nitrogen and oxygen atoms in total. The topological polar surface area (TPSA) is 44.7 Å². The fraction of sp³-hybridized carbons (Fsp3) is 1.00. The third-order valence-electron chi connectivity index (χ3n) is 2.87. The molecule has 1 rings (SSSR count). The van der Waals surface area contributed by atoms with Crippen molar-refractivity contribution in [3.63, 3.8) is 0 Å². The first-order chi connectivity index (χ1) is 7.26. The van der Waals surface area contributed by atoms with Crippen molar-refractivity contribution in [2.45, 2.75) is 19.4 Å². The van der Waals surface area contributed by atoms with Gasteiger partial charge in [-0.15, -0.1) is 0 Å². The Hall–Kier alpha value is -0.160. The summed E-state index contributed by atoms with van der Waals surface area (Å²) in [4.78, 5) is 2.33. The number of aliphatic hydroxyl groups excluding tert-OH is 1. The number of likely N-dealkylation sites (tertiary alicyclic amines) is 1. The summed E-state index contributed by atoms with van der Waals surface area (Å²) >= 11 is 0. The summed E-state index contributed by atoms with van der Waals surface area (Å²) in [5, 5.41) is 12.9. The van der Waals surface area contributed by atoms with E-state index in [-0.39, 0.29) is 6.10 Å². The summed E-state index contributed by atoms with van der Waals surface area (Å²) in [5.74, 6) is 0.654. The molecule has 0 aromatic rings. The van der Waals surface area contributed by atoms with E-state index in [0.29, 0.717) is 12.5 Å². The van der Waals surface area contributed by atoms with Gasteiger partial charge in [0.2, 0.25) is 0 Å². The van der Waals surface area contributed by atoms with Crippen LogP contribution in [-0.4, -0.2) is 62.6 Å². The molecule has 90 valence electrons. The average Bonchev–Trinajstić information content (AvgIpc) is 2.63. The minimum absolute atomic E-state index is 0.244. The molecular formula is C11H24N2O2. The number of ether oxygens (including phenoxy) is 1. The third-order valence-corrected chi connectivity index (χ3v) is 2.87. The SMILES string of the molecule is CCNCC(O)CN1CCC(COC)C1. The first kappa shape index (κ1) is 12.9. The van der Waals surface area contributed by atoms with Crippen LogP contribution < -0.4 is 5.32 Å². The van der Waals surface area contributed by atoms with Gasteiger partial charge in [0.25, 0.3) is 0 Å². The predicted molar refractivity (Wildman–Crippen MR) is 61.0 cm³/mol. The largest absolute Gasteiger partial charge is 0.390 e. The lowest BCUT2D eigenvalue weighted by molar-refractivity contribution is 0.114. The highest BCUT2D eigenvalue weighted by atomic mass is 16.5. The summed E-state index contributed by atoms with van der Waals surface area (Å²) in [6.45, 7) is 7.46. The Bertz CT molecular complexity index is 167. The molecular weight excluding hydrogens is 192 g/mol. The van der Waals surface area contributed by atoms with Crippen LogP contribution in [0.25, 0.3) is 0 Å². The van der Waals surface area contributed by atoms with E-state index in [1.165, 1.54) is 6.42 Å². The second-order valence-electron chi connectivity index (χ2n) is 4.33. The smallest absolute Gasteiger partial charge is 0.0791 e. The number of nitrogens with one attached hydrogen (secondary N) is 1. The number of β-amino-alcohol motifs (C(OH)–C–C–N with tert-alkyl or cyclic N) is 1. The first-order valence-electron chi connectivity index (χ1n) is 5.86. The normalized spacial score (nSPS) is 24.6. The van der Waals surface area contributed by atoms with Crippen LogP contribution in [0.5, 0.6) is 0 Å². The fourth-order valence-corrected chi connectivity index (χ4v) is 2.12. The van der Waals surface area contributed by atoms with Crippen molar-refractivity contribution in [3.8, 4) is 0 Å². The lowest BCUT2D eigenvalue weighted by Crippen LogP contribution is -2.37. The standard InChI is InChI=1S/C11H24N2O2/c1-3-12-6-11(14)8-13-5-4-10(7-13)9-15-2/h10-12,14H,3-9H2,1-2H3. The predicted octanol–water partition coefficient (Wildman–Crippen LogP) is -0.0749. The van der Waals surface area contributed by atoms with Gasteiger partial charge >= 0.3 is 0 Å². The van der Waals surface area contributed by atoms with Gasteiger partial charge < -0.3 is 20.1 Å². The summed E-state index contributed by atoms with van der Waals surface area (Å²) in [5.41, 5.74) is 0. The molecule has 0 amide bonds. The van der Waals surface area contributed by atoms with E-state index in [0.717, 1.165) is 32.8 Å². The molecule has 2 atom stereocenters. The molecule has 0 spiro atoms. The minimum atomic E-state index is -0.244. The van der Waals surface area contributed by atoms with Crippen molar-refractivity contribution in [2.75, 3.05) is 46.4 Å². The molecule has 0 bridgehead atoms. The lowest BCUT2D eigenvalue weighted by atomic mass is 10.1. The van der Waals surface area contributed by atoms with Gasteiger partial charge in [0, 0.05) is 26.7 Å². The monoisotopic (exact) mass is 216 g/mol. The number of methoxy groups -OCH3 is 1. The molecule has 0 aromatic carbocycles. The van der Waals surface area contributed by atoms with Crippen molar-refractivity contribution in [2.24, 2.45) is 5.92 Å². The second-order valence-corrected chi connectivity index (χ2v) is 4.33. The number of hydrogen-bond acceptors (Lipinski definition) is 4. The van der Waals surface area contributed by atoms with Crippen LogP contribution in [0.15, 0.2) is 0 Å². The van der Waals surface area contributed by atoms with Gasteiger partial charge in [0.1, 0.15) is 0 Å². The Kier molecular flexibility index (Phi) is 6.17. The van der Waals surface area contributed by atoms with Crippen LogP contribution in [0.4, 0.5) is 0 Å². The molecule has 15 heavy (non-hydrogen) atoms. The molecule has 1 saturated heterocycles. The number of rotatable bonds is 7. The number of hydrogen-bond donors (Lipinski definition) is 2. The molecule has 0 radical (unpaired) electrons. The Balaban J connectivity index is 2.12. The van der Waals surface area contributed by atoms with E-state index in [9.17, 15) is 5.11 Å². The zero-order valence-electron chi connectivity index (χ0n) is 9.91. The number of nitrogens with zero attached hydrogens (tertiary/aromatic N) is 1. The summed E-state index contributed by atoms with van der Waals surface area (Å²) in [7, 11) is 1.75. The van der Waals surface area contributed by atoms with Crippen LogP contribution >= 0.6 is 0 Å². The van der Waals surface area contributed by atoms with Gasteiger partial charge in [-0.1, -0.05) is 6.92 Å². The molecule has 2 unspecified atom stereocenters. The number of aliphatic hydroxyl groups is 1. The van der Waals surface area contributed by atoms with E-state index < -0.39 is 0 Å².